The molecule has 3 nitrogen and oxygen atoms in total. The molecule has 0 spiro atoms. The lowest BCUT2D eigenvalue weighted by Gasteiger charge is -2.12. The summed E-state index contributed by atoms with van der Waals surface area (Å²) in [4.78, 5) is 12.2. The van der Waals surface area contributed by atoms with Crippen LogP contribution in [0.15, 0.2) is 176 Å². The molecule has 0 saturated heterocycles. The summed E-state index contributed by atoms with van der Waals surface area (Å²) in [6.07, 6.45) is 0. The third-order valence-corrected chi connectivity index (χ3v) is 14.1. The Morgan fingerprint density at radius 2 is 1.11 bits per heavy atom. The molecule has 0 aliphatic heterocycles. The molecular weight excluding hydrogens is 731 g/mol. The molecule has 9 aromatic carbocycles. The summed E-state index contributed by atoms with van der Waals surface area (Å²) in [5.74, 6) is 0.677. The summed E-state index contributed by atoms with van der Waals surface area (Å²) in [5, 5.41) is 14.6. The molecule has 0 fully saturated rings. The molecular formula is C52H29N3S2. The van der Waals surface area contributed by atoms with Crippen LogP contribution in [0.3, 0.4) is 0 Å². The third-order valence-electron chi connectivity index (χ3n) is 11.8. The standard InChI is InChI=1S/C52H29N3S2/c1-2-10-30(11-3-1)34-21-24-43-41(27-34)42-28-35-22-25-46-47(38-16-8-9-17-45(38)56-46)40(35)29-44(42)55(43)52-53-49(36-19-18-31-12-4-5-14-33(31)26-36)48-39-23-20-32-13-6-7-15-37(32)50(39)57-51(48)54-52/h1-29H. The van der Waals surface area contributed by atoms with Gasteiger partial charge in [0.05, 0.1) is 16.7 Å². The van der Waals surface area contributed by atoms with Crippen LogP contribution in [0, 0.1) is 0 Å². The van der Waals surface area contributed by atoms with E-state index in [9.17, 15) is 0 Å². The smallest absolute Gasteiger partial charge is 0.236 e. The van der Waals surface area contributed by atoms with Gasteiger partial charge >= 0.3 is 0 Å². The van der Waals surface area contributed by atoms with E-state index in [2.05, 4.69) is 180 Å². The molecule has 0 aliphatic carbocycles. The van der Waals surface area contributed by atoms with Crippen molar-refractivity contribution < 1.29 is 0 Å². The van der Waals surface area contributed by atoms with Gasteiger partial charge in [0, 0.05) is 52.0 Å². The molecule has 0 saturated carbocycles. The van der Waals surface area contributed by atoms with Crippen molar-refractivity contribution in [1.29, 1.82) is 0 Å². The zero-order chi connectivity index (χ0) is 37.2. The first-order valence-electron chi connectivity index (χ1n) is 19.2. The zero-order valence-corrected chi connectivity index (χ0v) is 32.0. The predicted octanol–water partition coefficient (Wildman–Crippen LogP) is 15.1. The maximum absolute atomic E-state index is 5.65. The van der Waals surface area contributed by atoms with Crippen LogP contribution in [0.2, 0.25) is 0 Å². The topological polar surface area (TPSA) is 30.7 Å². The van der Waals surface area contributed by atoms with Crippen LogP contribution in [-0.4, -0.2) is 14.5 Å². The Balaban J connectivity index is 1.18. The number of thiophene rings is 2. The monoisotopic (exact) mass is 759 g/mol. The fraction of sp³-hybridized carbons (Fsp3) is 0. The average Bonchev–Trinajstić information content (AvgIpc) is 3.95. The molecule has 0 unspecified atom stereocenters. The molecule has 4 aromatic heterocycles. The van der Waals surface area contributed by atoms with Gasteiger partial charge < -0.3 is 0 Å². The van der Waals surface area contributed by atoms with Crippen LogP contribution in [0.25, 0.3) is 123 Å². The van der Waals surface area contributed by atoms with E-state index in [1.54, 1.807) is 11.3 Å². The maximum atomic E-state index is 5.65. The molecule has 5 heteroatoms. The molecule has 4 heterocycles. The third kappa shape index (κ3) is 4.58. The van der Waals surface area contributed by atoms with E-state index < -0.39 is 0 Å². The highest BCUT2D eigenvalue weighted by Crippen LogP contribution is 2.45. The largest absolute Gasteiger partial charge is 0.278 e. The Morgan fingerprint density at radius 1 is 0.368 bits per heavy atom. The van der Waals surface area contributed by atoms with Gasteiger partial charge in [0.2, 0.25) is 5.95 Å². The molecule has 0 aliphatic rings. The second kappa shape index (κ2) is 11.8. The average molecular weight is 760 g/mol. The van der Waals surface area contributed by atoms with Crippen molar-refractivity contribution in [3.05, 3.63) is 176 Å². The van der Waals surface area contributed by atoms with Gasteiger partial charge in [-0.3, -0.25) is 4.57 Å². The van der Waals surface area contributed by atoms with Gasteiger partial charge in [-0.15, -0.1) is 22.7 Å². The number of hydrogen-bond acceptors (Lipinski definition) is 4. The first-order chi connectivity index (χ1) is 28.2. The summed E-state index contributed by atoms with van der Waals surface area (Å²) in [7, 11) is 0. The van der Waals surface area contributed by atoms with Crippen molar-refractivity contribution in [2.45, 2.75) is 0 Å². The lowest BCUT2D eigenvalue weighted by atomic mass is 9.99. The number of rotatable bonds is 3. The van der Waals surface area contributed by atoms with Gasteiger partial charge in [-0.25, -0.2) is 9.97 Å². The number of benzene rings is 9. The van der Waals surface area contributed by atoms with E-state index in [0.717, 1.165) is 32.5 Å². The van der Waals surface area contributed by atoms with Crippen LogP contribution in [0.4, 0.5) is 0 Å². The Morgan fingerprint density at radius 3 is 2.02 bits per heavy atom. The van der Waals surface area contributed by atoms with Crippen molar-refractivity contribution in [3.63, 3.8) is 0 Å². The maximum Gasteiger partial charge on any atom is 0.236 e. The van der Waals surface area contributed by atoms with Crippen LogP contribution in [0.5, 0.6) is 0 Å². The van der Waals surface area contributed by atoms with E-state index in [0.29, 0.717) is 5.95 Å². The number of aromatic nitrogens is 3. The van der Waals surface area contributed by atoms with Gasteiger partial charge in [0.15, 0.2) is 0 Å². The Labute approximate surface area is 334 Å². The normalized spacial score (nSPS) is 12.2. The fourth-order valence-electron chi connectivity index (χ4n) is 9.12. The first-order valence-corrected chi connectivity index (χ1v) is 20.9. The molecule has 57 heavy (non-hydrogen) atoms. The molecule has 264 valence electrons. The summed E-state index contributed by atoms with van der Waals surface area (Å²) in [6.45, 7) is 0. The Bertz CT molecular complexity index is 3820. The van der Waals surface area contributed by atoms with E-state index in [4.69, 9.17) is 9.97 Å². The Kier molecular flexibility index (Phi) is 6.48. The first kappa shape index (κ1) is 31.3. The van der Waals surface area contributed by atoms with E-state index >= 15 is 0 Å². The van der Waals surface area contributed by atoms with Crippen LogP contribution in [0.1, 0.15) is 0 Å². The number of nitrogens with zero attached hydrogens (tertiary/aromatic N) is 3. The van der Waals surface area contributed by atoms with Gasteiger partial charge in [0.1, 0.15) is 4.83 Å². The highest BCUT2D eigenvalue weighted by atomic mass is 32.1. The second-order valence-electron chi connectivity index (χ2n) is 14.9. The van der Waals surface area contributed by atoms with Crippen molar-refractivity contribution in [2.75, 3.05) is 0 Å². The van der Waals surface area contributed by atoms with E-state index in [1.165, 1.54) is 84.5 Å². The van der Waals surface area contributed by atoms with Gasteiger partial charge in [0.25, 0.3) is 0 Å². The van der Waals surface area contributed by atoms with Gasteiger partial charge in [-0.1, -0.05) is 133 Å². The van der Waals surface area contributed by atoms with Crippen LogP contribution >= 0.6 is 22.7 Å². The molecule has 0 atom stereocenters. The van der Waals surface area contributed by atoms with Crippen molar-refractivity contribution >= 4 is 117 Å². The molecule has 0 amide bonds. The minimum Gasteiger partial charge on any atom is -0.278 e. The lowest BCUT2D eigenvalue weighted by Crippen LogP contribution is -2.02. The SMILES string of the molecule is c1ccc(-c2ccc3c(c2)c2cc4ccc5sc6ccccc6c5c4cc2n3-c2nc(-c3ccc4ccccc4c3)c3c(n2)sc2c4ccccc4ccc23)cc1. The van der Waals surface area contributed by atoms with E-state index in [-0.39, 0.29) is 0 Å². The van der Waals surface area contributed by atoms with Gasteiger partial charge in [-0.05, 0) is 85.9 Å². The van der Waals surface area contributed by atoms with Crippen molar-refractivity contribution in [1.82, 2.24) is 14.5 Å². The summed E-state index contributed by atoms with van der Waals surface area (Å²) in [6, 6.07) is 64.1. The zero-order valence-electron chi connectivity index (χ0n) is 30.4. The minimum atomic E-state index is 0.677. The van der Waals surface area contributed by atoms with E-state index in [1.807, 2.05) is 11.3 Å². The number of hydrogen-bond donors (Lipinski definition) is 0. The highest BCUT2D eigenvalue weighted by molar-refractivity contribution is 7.26. The fourth-order valence-corrected chi connectivity index (χ4v) is 11.5. The number of fused-ring (bicyclic) bond motifs is 14. The lowest BCUT2D eigenvalue weighted by molar-refractivity contribution is 1.02. The van der Waals surface area contributed by atoms with Gasteiger partial charge in [-0.2, -0.15) is 0 Å². The molecule has 13 aromatic rings. The quantitative estimate of drug-likeness (QED) is 0.180. The summed E-state index contributed by atoms with van der Waals surface area (Å²) >= 11 is 3.63. The Hall–Kier alpha value is -6.92. The molecule has 13 rings (SSSR count). The minimum absolute atomic E-state index is 0.677. The van der Waals surface area contributed by atoms with Crippen LogP contribution in [-0.2, 0) is 0 Å². The van der Waals surface area contributed by atoms with Crippen molar-refractivity contribution in [3.8, 4) is 28.3 Å². The molecule has 0 radical (unpaired) electrons. The second-order valence-corrected chi connectivity index (χ2v) is 17.0. The summed E-state index contributed by atoms with van der Waals surface area (Å²) in [5.41, 5.74) is 6.60. The summed E-state index contributed by atoms with van der Waals surface area (Å²) < 4.78 is 6.16. The highest BCUT2D eigenvalue weighted by Gasteiger charge is 2.22. The van der Waals surface area contributed by atoms with Crippen molar-refractivity contribution in [2.24, 2.45) is 0 Å². The predicted molar refractivity (Wildman–Crippen MR) is 246 cm³/mol. The molecule has 0 N–H and O–H groups in total. The van der Waals surface area contributed by atoms with Crippen LogP contribution < -0.4 is 0 Å². The molecule has 0 bridgehead atoms.